The van der Waals surface area contributed by atoms with Gasteiger partial charge in [-0.3, -0.25) is 4.79 Å². The van der Waals surface area contributed by atoms with Gasteiger partial charge in [0, 0.05) is 29.2 Å². The summed E-state index contributed by atoms with van der Waals surface area (Å²) in [5.41, 5.74) is 2.80. The van der Waals surface area contributed by atoms with Crippen molar-refractivity contribution in [2.24, 2.45) is 0 Å². The van der Waals surface area contributed by atoms with Crippen molar-refractivity contribution in [1.82, 2.24) is 19.9 Å². The Hall–Kier alpha value is -2.14. The number of rotatable bonds is 4. The molecule has 1 amide bonds. The fraction of sp³-hybridized carbons (Fsp3) is 0.353. The molecule has 23 heavy (non-hydrogen) atoms. The number of aromatic nitrogens is 3. The van der Waals surface area contributed by atoms with E-state index in [1.165, 1.54) is 0 Å². The summed E-state index contributed by atoms with van der Waals surface area (Å²) in [6.07, 6.45) is 6.89. The minimum Gasteiger partial charge on any atom is -0.336 e. The summed E-state index contributed by atoms with van der Waals surface area (Å²) in [7, 11) is 0. The molecule has 1 atom stereocenters. The molecule has 2 heterocycles. The summed E-state index contributed by atoms with van der Waals surface area (Å²) < 4.78 is 1.69. The molecule has 0 saturated heterocycles. The smallest absolute Gasteiger partial charge is 0.247 e. The second-order valence-corrected chi connectivity index (χ2v) is 6.15. The Labute approximate surface area is 140 Å². The van der Waals surface area contributed by atoms with Crippen LogP contribution in [0.3, 0.4) is 0 Å². The number of carbonyl (C=O) groups excluding carboxylic acids is 1. The SMILES string of the molecule is CCC(C)N1CCC(c2cc(Cl)ccc2-n2ccnn2)=CC1=O. The van der Waals surface area contributed by atoms with Crippen LogP contribution in [0.25, 0.3) is 11.3 Å². The van der Waals surface area contributed by atoms with E-state index in [2.05, 4.69) is 24.2 Å². The maximum atomic E-state index is 12.4. The van der Waals surface area contributed by atoms with Gasteiger partial charge in [0.25, 0.3) is 0 Å². The summed E-state index contributed by atoms with van der Waals surface area (Å²) in [6.45, 7) is 4.90. The first-order valence-electron chi connectivity index (χ1n) is 7.78. The normalized spacial score (nSPS) is 16.4. The van der Waals surface area contributed by atoms with Gasteiger partial charge in [-0.2, -0.15) is 0 Å². The average molecular weight is 331 g/mol. The maximum Gasteiger partial charge on any atom is 0.247 e. The molecule has 0 saturated carbocycles. The van der Waals surface area contributed by atoms with Crippen LogP contribution in [0, 0.1) is 0 Å². The Morgan fingerprint density at radius 3 is 2.87 bits per heavy atom. The number of hydrogen-bond acceptors (Lipinski definition) is 3. The first-order valence-corrected chi connectivity index (χ1v) is 8.15. The van der Waals surface area contributed by atoms with Crippen LogP contribution in [0.1, 0.15) is 32.3 Å². The fourth-order valence-corrected chi connectivity index (χ4v) is 3.00. The van der Waals surface area contributed by atoms with E-state index in [0.29, 0.717) is 5.02 Å². The van der Waals surface area contributed by atoms with E-state index in [9.17, 15) is 4.79 Å². The Kier molecular flexibility index (Phi) is 4.48. The predicted molar refractivity (Wildman–Crippen MR) is 90.4 cm³/mol. The monoisotopic (exact) mass is 330 g/mol. The van der Waals surface area contributed by atoms with Gasteiger partial charge in [-0.15, -0.1) is 5.10 Å². The van der Waals surface area contributed by atoms with Crippen molar-refractivity contribution in [3.05, 3.63) is 47.3 Å². The largest absolute Gasteiger partial charge is 0.336 e. The molecule has 2 aromatic rings. The van der Waals surface area contributed by atoms with Gasteiger partial charge < -0.3 is 4.90 Å². The summed E-state index contributed by atoms with van der Waals surface area (Å²) in [4.78, 5) is 14.4. The van der Waals surface area contributed by atoms with E-state index in [-0.39, 0.29) is 11.9 Å². The Morgan fingerprint density at radius 2 is 2.22 bits per heavy atom. The topological polar surface area (TPSA) is 51.0 Å². The Balaban J connectivity index is 1.99. The van der Waals surface area contributed by atoms with Crippen LogP contribution < -0.4 is 0 Å². The molecule has 6 heteroatoms. The minimum absolute atomic E-state index is 0.0603. The Morgan fingerprint density at radius 1 is 1.39 bits per heavy atom. The van der Waals surface area contributed by atoms with Crippen LogP contribution in [0.4, 0.5) is 0 Å². The summed E-state index contributed by atoms with van der Waals surface area (Å²) in [6, 6.07) is 5.86. The van der Waals surface area contributed by atoms with Crippen molar-refractivity contribution in [2.75, 3.05) is 6.54 Å². The number of halogens is 1. The molecule has 0 radical (unpaired) electrons. The first-order chi connectivity index (χ1) is 11.1. The van der Waals surface area contributed by atoms with Crippen LogP contribution in [-0.2, 0) is 4.79 Å². The number of nitrogens with zero attached hydrogens (tertiary/aromatic N) is 4. The van der Waals surface area contributed by atoms with Gasteiger partial charge in [-0.1, -0.05) is 23.7 Å². The van der Waals surface area contributed by atoms with Gasteiger partial charge >= 0.3 is 0 Å². The standard InChI is InChI=1S/C17H19ClN4O/c1-3-12(2)21-8-6-13(10-17(21)23)15-11-14(18)4-5-16(15)22-9-7-19-20-22/h4-5,7,9-12H,3,6,8H2,1-2H3. The quantitative estimate of drug-likeness (QED) is 0.864. The van der Waals surface area contributed by atoms with Crippen molar-refractivity contribution in [3.8, 4) is 5.69 Å². The van der Waals surface area contributed by atoms with Crippen molar-refractivity contribution >= 4 is 23.1 Å². The first kappa shape index (κ1) is 15.7. The second kappa shape index (κ2) is 6.54. The summed E-state index contributed by atoms with van der Waals surface area (Å²) in [5.74, 6) is 0.0603. The third-order valence-corrected chi connectivity index (χ3v) is 4.53. The zero-order chi connectivity index (χ0) is 16.4. The number of hydrogen-bond donors (Lipinski definition) is 0. The van der Waals surface area contributed by atoms with Crippen molar-refractivity contribution in [3.63, 3.8) is 0 Å². The molecule has 0 bridgehead atoms. The van der Waals surface area contributed by atoms with E-state index in [4.69, 9.17) is 11.6 Å². The van der Waals surface area contributed by atoms with E-state index in [0.717, 1.165) is 36.2 Å². The van der Waals surface area contributed by atoms with Gasteiger partial charge in [-0.05, 0) is 43.5 Å². The molecule has 0 spiro atoms. The highest BCUT2D eigenvalue weighted by atomic mass is 35.5. The van der Waals surface area contributed by atoms with Crippen molar-refractivity contribution < 1.29 is 4.79 Å². The zero-order valence-electron chi connectivity index (χ0n) is 13.2. The van der Waals surface area contributed by atoms with Crippen LogP contribution >= 0.6 is 11.6 Å². The van der Waals surface area contributed by atoms with Gasteiger partial charge in [0.1, 0.15) is 0 Å². The molecule has 3 rings (SSSR count). The van der Waals surface area contributed by atoms with E-state index >= 15 is 0 Å². The van der Waals surface area contributed by atoms with Crippen molar-refractivity contribution in [1.29, 1.82) is 0 Å². The number of benzene rings is 1. The lowest BCUT2D eigenvalue weighted by atomic mass is 9.96. The highest BCUT2D eigenvalue weighted by molar-refractivity contribution is 6.30. The number of carbonyl (C=O) groups is 1. The molecular formula is C17H19ClN4O. The van der Waals surface area contributed by atoms with E-state index < -0.39 is 0 Å². The second-order valence-electron chi connectivity index (χ2n) is 5.72. The van der Waals surface area contributed by atoms with Crippen LogP contribution in [-0.4, -0.2) is 38.4 Å². The predicted octanol–water partition coefficient (Wildman–Crippen LogP) is 3.33. The lowest BCUT2D eigenvalue weighted by molar-refractivity contribution is -0.128. The van der Waals surface area contributed by atoms with Gasteiger partial charge in [-0.25, -0.2) is 4.68 Å². The molecule has 0 N–H and O–H groups in total. The number of amides is 1. The zero-order valence-corrected chi connectivity index (χ0v) is 14.0. The molecule has 0 aliphatic carbocycles. The summed E-state index contributed by atoms with van der Waals surface area (Å²) in [5, 5.41) is 8.54. The van der Waals surface area contributed by atoms with E-state index in [1.54, 1.807) is 23.2 Å². The molecule has 5 nitrogen and oxygen atoms in total. The van der Waals surface area contributed by atoms with Gasteiger partial charge in [0.05, 0.1) is 18.1 Å². The maximum absolute atomic E-state index is 12.4. The van der Waals surface area contributed by atoms with Crippen LogP contribution in [0.5, 0.6) is 0 Å². The van der Waals surface area contributed by atoms with Gasteiger partial charge in [0.15, 0.2) is 0 Å². The third-order valence-electron chi connectivity index (χ3n) is 4.30. The molecule has 1 aromatic heterocycles. The lowest BCUT2D eigenvalue weighted by Crippen LogP contribution is -2.40. The molecule has 1 aromatic carbocycles. The van der Waals surface area contributed by atoms with Crippen molar-refractivity contribution in [2.45, 2.75) is 32.7 Å². The minimum atomic E-state index is 0.0603. The average Bonchev–Trinajstić information content (AvgIpc) is 3.08. The van der Waals surface area contributed by atoms with Crippen LogP contribution in [0.15, 0.2) is 36.7 Å². The van der Waals surface area contributed by atoms with E-state index in [1.807, 2.05) is 23.1 Å². The van der Waals surface area contributed by atoms with Crippen LogP contribution in [0.2, 0.25) is 5.02 Å². The highest BCUT2D eigenvalue weighted by Crippen LogP contribution is 2.30. The lowest BCUT2D eigenvalue weighted by Gasteiger charge is -2.31. The summed E-state index contributed by atoms with van der Waals surface area (Å²) >= 11 is 6.17. The fourth-order valence-electron chi connectivity index (χ4n) is 2.83. The molecule has 1 aliphatic heterocycles. The molecular weight excluding hydrogens is 312 g/mol. The molecule has 0 fully saturated rings. The molecule has 1 aliphatic rings. The highest BCUT2D eigenvalue weighted by Gasteiger charge is 2.24. The van der Waals surface area contributed by atoms with Gasteiger partial charge in [0.2, 0.25) is 5.91 Å². The Bertz CT molecular complexity index is 739. The third kappa shape index (κ3) is 3.15. The molecule has 120 valence electrons. The molecule has 1 unspecified atom stereocenters.